The summed E-state index contributed by atoms with van der Waals surface area (Å²) in [6.45, 7) is 2.03. The molecule has 0 N–H and O–H groups in total. The fourth-order valence-electron chi connectivity index (χ4n) is 1.45. The predicted molar refractivity (Wildman–Crippen MR) is 72.5 cm³/mol. The fraction of sp³-hybridized carbons (Fsp3) is 0.0714. The molecule has 2 aromatic rings. The minimum Gasteiger partial charge on any atom is -0.253 e. The highest BCUT2D eigenvalue weighted by Gasteiger charge is 1.96. The highest BCUT2D eigenvalue weighted by Crippen LogP contribution is 2.18. The normalized spacial score (nSPS) is 11.5. The first-order valence-electron chi connectivity index (χ1n) is 5.12. The Morgan fingerprint density at radius 3 is 2.19 bits per heavy atom. The lowest BCUT2D eigenvalue weighted by Gasteiger charge is -2.00. The van der Waals surface area contributed by atoms with Crippen LogP contribution in [-0.2, 0) is 0 Å². The second-order valence-electron chi connectivity index (χ2n) is 3.54. The molecule has 0 atom stereocenters. The molecule has 2 heteroatoms. The predicted octanol–water partition coefficient (Wildman–Crippen LogP) is 4.59. The first kappa shape index (κ1) is 11.1. The van der Waals surface area contributed by atoms with Gasteiger partial charge in [-0.1, -0.05) is 46.3 Å². The Morgan fingerprint density at radius 2 is 1.56 bits per heavy atom. The fourth-order valence-corrected chi connectivity index (χ4v) is 1.72. The van der Waals surface area contributed by atoms with Gasteiger partial charge in [-0.15, -0.1) is 0 Å². The van der Waals surface area contributed by atoms with Gasteiger partial charge in [0.15, 0.2) is 0 Å². The highest BCUT2D eigenvalue weighted by molar-refractivity contribution is 9.10. The number of halogens is 1. The van der Waals surface area contributed by atoms with Gasteiger partial charge < -0.3 is 0 Å². The van der Waals surface area contributed by atoms with Gasteiger partial charge in [0, 0.05) is 10.2 Å². The van der Waals surface area contributed by atoms with Gasteiger partial charge >= 0.3 is 0 Å². The van der Waals surface area contributed by atoms with Crippen molar-refractivity contribution in [3.05, 3.63) is 64.6 Å². The summed E-state index contributed by atoms with van der Waals surface area (Å²) in [6, 6.07) is 18.2. The molecular weight excluding hydrogens is 262 g/mol. The number of hydrogen-bond acceptors (Lipinski definition) is 1. The van der Waals surface area contributed by atoms with Crippen LogP contribution in [0.5, 0.6) is 0 Å². The van der Waals surface area contributed by atoms with Crippen molar-refractivity contribution < 1.29 is 0 Å². The molecule has 2 rings (SSSR count). The quantitative estimate of drug-likeness (QED) is 0.710. The average molecular weight is 274 g/mol. The van der Waals surface area contributed by atoms with Gasteiger partial charge in [0.05, 0.1) is 5.69 Å². The van der Waals surface area contributed by atoms with Gasteiger partial charge in [-0.3, -0.25) is 4.99 Å². The van der Waals surface area contributed by atoms with Crippen LogP contribution < -0.4 is 0 Å². The van der Waals surface area contributed by atoms with E-state index in [1.165, 1.54) is 0 Å². The number of hydrogen-bond donors (Lipinski definition) is 0. The van der Waals surface area contributed by atoms with Crippen LogP contribution in [0.1, 0.15) is 12.5 Å². The topological polar surface area (TPSA) is 12.4 Å². The summed E-state index contributed by atoms with van der Waals surface area (Å²) in [5.41, 5.74) is 3.16. The molecule has 0 aliphatic heterocycles. The molecule has 0 aromatic heterocycles. The molecule has 0 saturated heterocycles. The Morgan fingerprint density at radius 1 is 0.938 bits per heavy atom. The first-order valence-corrected chi connectivity index (χ1v) is 5.91. The third kappa shape index (κ3) is 2.80. The minimum absolute atomic E-state index is 0.976. The summed E-state index contributed by atoms with van der Waals surface area (Å²) < 4.78 is 1.07. The van der Waals surface area contributed by atoms with E-state index < -0.39 is 0 Å². The lowest BCUT2D eigenvalue weighted by Crippen LogP contribution is -1.92. The molecule has 0 fully saturated rings. The molecule has 80 valence electrons. The summed E-state index contributed by atoms with van der Waals surface area (Å²) in [4.78, 5) is 4.57. The van der Waals surface area contributed by atoms with Crippen LogP contribution in [0.15, 0.2) is 64.1 Å². The monoisotopic (exact) mass is 273 g/mol. The zero-order valence-electron chi connectivity index (χ0n) is 9.02. The van der Waals surface area contributed by atoms with Crippen LogP contribution in [0.2, 0.25) is 0 Å². The first-order chi connectivity index (χ1) is 7.75. The maximum absolute atomic E-state index is 4.57. The van der Waals surface area contributed by atoms with Gasteiger partial charge in [-0.2, -0.15) is 0 Å². The van der Waals surface area contributed by atoms with Crippen molar-refractivity contribution in [1.29, 1.82) is 0 Å². The van der Waals surface area contributed by atoms with E-state index in [1.54, 1.807) is 0 Å². The second-order valence-corrected chi connectivity index (χ2v) is 4.46. The zero-order valence-corrected chi connectivity index (χ0v) is 10.6. The van der Waals surface area contributed by atoms with E-state index in [9.17, 15) is 0 Å². The summed E-state index contributed by atoms with van der Waals surface area (Å²) in [6.07, 6.45) is 0. The number of aliphatic imine (C=N–C) groups is 1. The summed E-state index contributed by atoms with van der Waals surface area (Å²) in [5, 5.41) is 0. The van der Waals surface area contributed by atoms with Crippen molar-refractivity contribution in [1.82, 2.24) is 0 Å². The third-order valence-corrected chi connectivity index (χ3v) is 2.84. The maximum Gasteiger partial charge on any atom is 0.0633 e. The van der Waals surface area contributed by atoms with E-state index in [-0.39, 0.29) is 0 Å². The van der Waals surface area contributed by atoms with Crippen molar-refractivity contribution in [3.63, 3.8) is 0 Å². The van der Waals surface area contributed by atoms with Crippen LogP contribution >= 0.6 is 15.9 Å². The van der Waals surface area contributed by atoms with E-state index in [1.807, 2.05) is 49.4 Å². The van der Waals surface area contributed by atoms with Gasteiger partial charge in [-0.25, -0.2) is 0 Å². The van der Waals surface area contributed by atoms with Crippen molar-refractivity contribution >= 4 is 27.3 Å². The summed E-state index contributed by atoms with van der Waals surface area (Å²) in [7, 11) is 0. The van der Waals surface area contributed by atoms with Crippen molar-refractivity contribution in [2.45, 2.75) is 6.92 Å². The van der Waals surface area contributed by atoms with E-state index in [4.69, 9.17) is 0 Å². The lowest BCUT2D eigenvalue weighted by molar-refractivity contribution is 1.47. The van der Waals surface area contributed by atoms with Crippen molar-refractivity contribution in [2.75, 3.05) is 0 Å². The van der Waals surface area contributed by atoms with Gasteiger partial charge in [0.2, 0.25) is 0 Å². The van der Waals surface area contributed by atoms with Crippen molar-refractivity contribution in [3.8, 4) is 0 Å². The Hall–Kier alpha value is -1.41. The summed E-state index contributed by atoms with van der Waals surface area (Å²) >= 11 is 3.41. The standard InChI is InChI=1S/C14H12BrN/c1-11(12-5-3-2-4-6-12)16-14-9-7-13(15)8-10-14/h2-10H,1H3/b16-11+. The molecule has 0 spiro atoms. The van der Waals surface area contributed by atoms with Crippen LogP contribution in [0.4, 0.5) is 5.69 Å². The van der Waals surface area contributed by atoms with Crippen LogP contribution in [0.3, 0.4) is 0 Å². The largest absolute Gasteiger partial charge is 0.253 e. The molecular formula is C14H12BrN. The van der Waals surface area contributed by atoms with Crippen LogP contribution in [0, 0.1) is 0 Å². The molecule has 16 heavy (non-hydrogen) atoms. The van der Waals surface area contributed by atoms with E-state index >= 15 is 0 Å². The minimum atomic E-state index is 0.976. The molecule has 0 bridgehead atoms. The molecule has 2 aromatic carbocycles. The SMILES string of the molecule is C/C(=N\c1ccc(Br)cc1)c1ccccc1. The van der Waals surface area contributed by atoms with Gasteiger partial charge in [-0.05, 0) is 36.8 Å². The number of nitrogens with zero attached hydrogens (tertiary/aromatic N) is 1. The molecule has 0 aliphatic rings. The molecule has 0 aliphatic carbocycles. The molecule has 0 heterocycles. The van der Waals surface area contributed by atoms with Gasteiger partial charge in [0.25, 0.3) is 0 Å². The molecule has 1 nitrogen and oxygen atoms in total. The molecule has 0 amide bonds. The lowest BCUT2D eigenvalue weighted by atomic mass is 10.1. The number of benzene rings is 2. The van der Waals surface area contributed by atoms with Gasteiger partial charge in [0.1, 0.15) is 0 Å². The smallest absolute Gasteiger partial charge is 0.0633 e. The van der Waals surface area contributed by atoms with Crippen molar-refractivity contribution in [2.24, 2.45) is 4.99 Å². The van der Waals surface area contributed by atoms with E-state index in [0.29, 0.717) is 0 Å². The average Bonchev–Trinajstić information content (AvgIpc) is 2.33. The van der Waals surface area contributed by atoms with Crippen LogP contribution in [-0.4, -0.2) is 5.71 Å². The second kappa shape index (κ2) is 5.08. The number of rotatable bonds is 2. The van der Waals surface area contributed by atoms with E-state index in [2.05, 4.69) is 33.1 Å². The Balaban J connectivity index is 2.28. The summed E-state index contributed by atoms with van der Waals surface area (Å²) in [5.74, 6) is 0. The Bertz CT molecular complexity index is 486. The maximum atomic E-state index is 4.57. The zero-order chi connectivity index (χ0) is 11.4. The third-order valence-electron chi connectivity index (χ3n) is 2.31. The molecule has 0 unspecified atom stereocenters. The Labute approximate surface area is 104 Å². The van der Waals surface area contributed by atoms with Crippen LogP contribution in [0.25, 0.3) is 0 Å². The highest BCUT2D eigenvalue weighted by atomic mass is 79.9. The molecule has 0 saturated carbocycles. The Kier molecular flexibility index (Phi) is 3.52. The van der Waals surface area contributed by atoms with E-state index in [0.717, 1.165) is 21.4 Å². The molecule has 0 radical (unpaired) electrons.